The van der Waals surface area contributed by atoms with Gasteiger partial charge in [-0.2, -0.15) is 5.10 Å². The van der Waals surface area contributed by atoms with Gasteiger partial charge in [0.1, 0.15) is 5.52 Å². The Kier molecular flexibility index (Phi) is 5.24. The van der Waals surface area contributed by atoms with Crippen LogP contribution in [-0.2, 0) is 11.3 Å². The van der Waals surface area contributed by atoms with E-state index in [9.17, 15) is 4.79 Å². The third-order valence-corrected chi connectivity index (χ3v) is 6.57. The van der Waals surface area contributed by atoms with Crippen molar-refractivity contribution in [2.45, 2.75) is 45.3 Å². The fourth-order valence-corrected chi connectivity index (χ4v) is 4.85. The number of ether oxygens (including phenoxy) is 1. The number of halogens is 1. The number of pyridine rings is 1. The first-order chi connectivity index (χ1) is 15.1. The molecule has 0 radical (unpaired) electrons. The van der Waals surface area contributed by atoms with E-state index >= 15 is 0 Å². The van der Waals surface area contributed by atoms with Gasteiger partial charge in [0.15, 0.2) is 11.2 Å². The van der Waals surface area contributed by atoms with E-state index in [-0.39, 0.29) is 11.6 Å². The fourth-order valence-electron chi connectivity index (χ4n) is 4.73. The molecule has 0 spiro atoms. The van der Waals surface area contributed by atoms with Gasteiger partial charge in [0.2, 0.25) is 0 Å². The van der Waals surface area contributed by atoms with Gasteiger partial charge in [0.25, 0.3) is 5.56 Å². The molecule has 0 amide bonds. The third kappa shape index (κ3) is 3.42. The Labute approximate surface area is 184 Å². The fraction of sp³-hybridized carbons (Fsp3) is 0.391. The average Bonchev–Trinajstić information content (AvgIpc) is 3.14. The van der Waals surface area contributed by atoms with Crippen molar-refractivity contribution in [3.8, 4) is 11.1 Å². The molecule has 0 saturated heterocycles. The molecule has 31 heavy (non-hydrogen) atoms. The first-order valence-electron chi connectivity index (χ1n) is 10.6. The maximum absolute atomic E-state index is 13.3. The summed E-state index contributed by atoms with van der Waals surface area (Å²) in [7, 11) is 1.63. The van der Waals surface area contributed by atoms with Crippen molar-refractivity contribution in [1.29, 1.82) is 0 Å². The Bertz CT molecular complexity index is 1310. The van der Waals surface area contributed by atoms with Gasteiger partial charge in [0, 0.05) is 24.4 Å². The maximum atomic E-state index is 13.3. The molecule has 0 N–H and O–H groups in total. The zero-order valence-electron chi connectivity index (χ0n) is 17.6. The van der Waals surface area contributed by atoms with Crippen LogP contribution in [0.2, 0.25) is 5.02 Å². The minimum atomic E-state index is -0.109. The number of hydrogen-bond donors (Lipinski definition) is 0. The topological polar surface area (TPSA) is 74.3 Å². The summed E-state index contributed by atoms with van der Waals surface area (Å²) < 4.78 is 8.92. The van der Waals surface area contributed by atoms with Crippen LogP contribution in [0, 0.1) is 5.92 Å². The number of rotatable bonds is 4. The lowest BCUT2D eigenvalue weighted by Gasteiger charge is -2.30. The van der Waals surface area contributed by atoms with Crippen molar-refractivity contribution in [3.05, 3.63) is 57.6 Å². The van der Waals surface area contributed by atoms with Crippen LogP contribution in [-0.4, -0.2) is 31.5 Å². The summed E-state index contributed by atoms with van der Waals surface area (Å²) in [5.74, 6) is 0.468. The smallest absolute Gasteiger partial charge is 0.280 e. The lowest BCUT2D eigenvalue weighted by atomic mass is 9.85. The second-order valence-corrected chi connectivity index (χ2v) is 8.72. The summed E-state index contributed by atoms with van der Waals surface area (Å²) in [5.41, 5.74) is 3.95. The summed E-state index contributed by atoms with van der Waals surface area (Å²) >= 11 is 6.07. The van der Waals surface area contributed by atoms with Crippen molar-refractivity contribution in [2.24, 2.45) is 5.92 Å². The normalized spacial score (nSPS) is 19.3. The summed E-state index contributed by atoms with van der Waals surface area (Å²) in [6.45, 7) is 2.54. The quantitative estimate of drug-likeness (QED) is 0.464. The van der Waals surface area contributed by atoms with Gasteiger partial charge in [-0.3, -0.25) is 4.79 Å². The molecule has 1 aliphatic carbocycles. The van der Waals surface area contributed by atoms with Gasteiger partial charge in [-0.15, -0.1) is 10.2 Å². The van der Waals surface area contributed by atoms with E-state index in [4.69, 9.17) is 21.4 Å². The molecule has 1 aliphatic rings. The predicted molar refractivity (Wildman–Crippen MR) is 120 cm³/mol. The van der Waals surface area contributed by atoms with Gasteiger partial charge >= 0.3 is 0 Å². The Hall–Kier alpha value is -2.77. The molecule has 0 bridgehead atoms. The minimum absolute atomic E-state index is 0.109. The molecule has 1 aromatic carbocycles. The van der Waals surface area contributed by atoms with Gasteiger partial charge < -0.3 is 9.30 Å². The van der Waals surface area contributed by atoms with Crippen molar-refractivity contribution in [2.75, 3.05) is 7.11 Å². The molecule has 3 aromatic heterocycles. The molecule has 3 heterocycles. The van der Waals surface area contributed by atoms with E-state index in [1.54, 1.807) is 11.6 Å². The van der Waals surface area contributed by atoms with Crippen LogP contribution >= 0.6 is 11.6 Å². The molecular weight excluding hydrogens is 414 g/mol. The van der Waals surface area contributed by atoms with Crippen LogP contribution in [0.5, 0.6) is 0 Å². The summed E-state index contributed by atoms with van der Waals surface area (Å²) in [4.78, 5) is 13.3. The van der Waals surface area contributed by atoms with Crippen LogP contribution in [0.3, 0.4) is 0 Å². The molecule has 5 rings (SSSR count). The van der Waals surface area contributed by atoms with E-state index in [0.29, 0.717) is 34.2 Å². The number of fused-ring (bicyclic) bond motifs is 3. The van der Waals surface area contributed by atoms with E-state index in [0.717, 1.165) is 36.1 Å². The number of hydrogen-bond acceptors (Lipinski definition) is 5. The highest BCUT2D eigenvalue weighted by atomic mass is 35.5. The van der Waals surface area contributed by atoms with Gasteiger partial charge in [-0.1, -0.05) is 43.5 Å². The third-order valence-electron chi connectivity index (χ3n) is 6.32. The van der Waals surface area contributed by atoms with Gasteiger partial charge in [-0.05, 0) is 42.5 Å². The molecule has 4 aromatic rings. The average molecular weight is 438 g/mol. The number of methoxy groups -OCH3 is 1. The van der Waals surface area contributed by atoms with Crippen LogP contribution in [0.1, 0.15) is 44.3 Å². The largest absolute Gasteiger partial charge is 0.378 e. The van der Waals surface area contributed by atoms with Crippen molar-refractivity contribution in [3.63, 3.8) is 0 Å². The van der Waals surface area contributed by atoms with E-state index < -0.39 is 0 Å². The number of nitrogens with zero attached hydrogens (tertiary/aromatic N) is 5. The highest BCUT2D eigenvalue weighted by Crippen LogP contribution is 2.33. The summed E-state index contributed by atoms with van der Waals surface area (Å²) in [6, 6.07) is 9.63. The molecule has 1 saturated carbocycles. The first-order valence-corrected chi connectivity index (χ1v) is 11.0. The standard InChI is InChI=1S/C23H24ClN5O2/c1-14-5-3-4-6-18(14)28-12-11-19-21(23(28)30)25-26-22-20(15-7-9-16(24)10-8-15)17(13-31-2)27-29(19)22/h7-12,14,18H,3-6,13H2,1-2H3/t14-,18+/m0/s1. The molecule has 0 unspecified atom stereocenters. The molecule has 2 atom stereocenters. The van der Waals surface area contributed by atoms with Crippen LogP contribution in [0.4, 0.5) is 0 Å². The molecule has 160 valence electrons. The Morgan fingerprint density at radius 3 is 2.65 bits per heavy atom. The maximum Gasteiger partial charge on any atom is 0.280 e. The van der Waals surface area contributed by atoms with E-state index in [2.05, 4.69) is 17.1 Å². The summed E-state index contributed by atoms with van der Waals surface area (Å²) in [6.07, 6.45) is 6.42. The first kappa shape index (κ1) is 20.2. The lowest BCUT2D eigenvalue weighted by Crippen LogP contribution is -2.31. The molecule has 8 heteroatoms. The predicted octanol–water partition coefficient (Wildman–Crippen LogP) is 4.66. The van der Waals surface area contributed by atoms with E-state index in [1.807, 2.05) is 41.1 Å². The lowest BCUT2D eigenvalue weighted by molar-refractivity contribution is 0.181. The molecule has 7 nitrogen and oxygen atoms in total. The minimum Gasteiger partial charge on any atom is -0.378 e. The molecular formula is C23H24ClN5O2. The van der Waals surface area contributed by atoms with Gasteiger partial charge in [0.05, 0.1) is 17.9 Å². The SMILES string of the molecule is COCc1nn2c(nnc3c(=O)n([C@@H]4CCCC[C@@H]4C)ccc32)c1-c1ccc(Cl)cc1. The number of aromatic nitrogens is 5. The second-order valence-electron chi connectivity index (χ2n) is 8.29. The zero-order chi connectivity index (χ0) is 21.5. The van der Waals surface area contributed by atoms with Gasteiger partial charge in [-0.25, -0.2) is 4.52 Å². The van der Waals surface area contributed by atoms with Crippen molar-refractivity contribution >= 4 is 28.3 Å². The van der Waals surface area contributed by atoms with Crippen LogP contribution in [0.15, 0.2) is 41.3 Å². The van der Waals surface area contributed by atoms with Crippen LogP contribution < -0.4 is 5.56 Å². The molecule has 1 fully saturated rings. The Morgan fingerprint density at radius 2 is 1.90 bits per heavy atom. The number of benzene rings is 1. The Morgan fingerprint density at radius 1 is 1.13 bits per heavy atom. The second kappa shape index (κ2) is 8.05. The molecule has 0 aliphatic heterocycles. The zero-order valence-corrected chi connectivity index (χ0v) is 18.3. The van der Waals surface area contributed by atoms with Crippen molar-refractivity contribution < 1.29 is 4.74 Å². The monoisotopic (exact) mass is 437 g/mol. The van der Waals surface area contributed by atoms with Crippen molar-refractivity contribution in [1.82, 2.24) is 24.4 Å². The van der Waals surface area contributed by atoms with Crippen LogP contribution in [0.25, 0.3) is 27.8 Å². The highest BCUT2D eigenvalue weighted by molar-refractivity contribution is 6.30. The van der Waals surface area contributed by atoms with E-state index in [1.165, 1.54) is 6.42 Å². The summed E-state index contributed by atoms with van der Waals surface area (Å²) in [5, 5.41) is 14.2. The highest BCUT2D eigenvalue weighted by Gasteiger charge is 2.25. The Balaban J connectivity index is 1.71.